The standard InChI is InChI=1S/C18H28N2O3/c1-14-6-5-7-15(19-14)12-18(13-21)8-10-20(11-9-18)16(22)23-17(2,3)4/h5-7,21H,8-13H2,1-4H3. The molecule has 5 nitrogen and oxygen atoms in total. The van der Waals surface area contributed by atoms with E-state index in [1.54, 1.807) is 4.90 Å². The largest absolute Gasteiger partial charge is 0.444 e. The Kier molecular flexibility index (Phi) is 5.30. The third-order valence-electron chi connectivity index (χ3n) is 4.31. The minimum Gasteiger partial charge on any atom is -0.444 e. The summed E-state index contributed by atoms with van der Waals surface area (Å²) in [5, 5.41) is 9.92. The van der Waals surface area contributed by atoms with Gasteiger partial charge in [0.2, 0.25) is 0 Å². The smallest absolute Gasteiger partial charge is 0.410 e. The van der Waals surface area contributed by atoms with E-state index in [0.29, 0.717) is 13.1 Å². The van der Waals surface area contributed by atoms with E-state index in [1.165, 1.54) is 0 Å². The number of nitrogens with zero attached hydrogens (tertiary/aromatic N) is 2. The third-order valence-corrected chi connectivity index (χ3v) is 4.31. The molecule has 23 heavy (non-hydrogen) atoms. The van der Waals surface area contributed by atoms with Gasteiger partial charge in [0.05, 0.1) is 0 Å². The van der Waals surface area contributed by atoms with Gasteiger partial charge in [0.15, 0.2) is 0 Å². The van der Waals surface area contributed by atoms with Crippen molar-refractivity contribution in [1.82, 2.24) is 9.88 Å². The zero-order chi connectivity index (χ0) is 17.1. The van der Waals surface area contributed by atoms with Gasteiger partial charge in [-0.05, 0) is 59.1 Å². The summed E-state index contributed by atoms with van der Waals surface area (Å²) in [5.41, 5.74) is 1.32. The van der Waals surface area contributed by atoms with Crippen molar-refractivity contribution in [3.05, 3.63) is 29.6 Å². The van der Waals surface area contributed by atoms with E-state index in [9.17, 15) is 9.90 Å². The predicted octanol–water partition coefficient (Wildman–Crippen LogP) is 2.94. The fourth-order valence-electron chi connectivity index (χ4n) is 2.96. The van der Waals surface area contributed by atoms with Gasteiger partial charge in [0.1, 0.15) is 5.60 Å². The fourth-order valence-corrected chi connectivity index (χ4v) is 2.96. The second kappa shape index (κ2) is 6.87. The minimum absolute atomic E-state index is 0.116. The van der Waals surface area contributed by atoms with Crippen molar-refractivity contribution in [2.24, 2.45) is 5.41 Å². The number of hydrogen-bond acceptors (Lipinski definition) is 4. The van der Waals surface area contributed by atoms with Gasteiger partial charge in [-0.2, -0.15) is 0 Å². The number of aliphatic hydroxyl groups excluding tert-OH is 1. The van der Waals surface area contributed by atoms with Crippen molar-refractivity contribution in [3.8, 4) is 0 Å². The maximum Gasteiger partial charge on any atom is 0.410 e. The highest BCUT2D eigenvalue weighted by atomic mass is 16.6. The average molecular weight is 320 g/mol. The molecule has 2 rings (SSSR count). The molecular formula is C18H28N2O3. The Balaban J connectivity index is 1.98. The van der Waals surface area contributed by atoms with Gasteiger partial charge in [-0.15, -0.1) is 0 Å². The Morgan fingerprint density at radius 3 is 2.52 bits per heavy atom. The van der Waals surface area contributed by atoms with Crippen LogP contribution in [0, 0.1) is 12.3 Å². The Morgan fingerprint density at radius 1 is 1.35 bits per heavy atom. The van der Waals surface area contributed by atoms with Crippen LogP contribution < -0.4 is 0 Å². The van der Waals surface area contributed by atoms with Crippen LogP contribution in [0.2, 0.25) is 0 Å². The summed E-state index contributed by atoms with van der Waals surface area (Å²) in [5.74, 6) is 0. The van der Waals surface area contributed by atoms with Gasteiger partial charge in [-0.1, -0.05) is 6.07 Å². The highest BCUT2D eigenvalue weighted by Gasteiger charge is 2.37. The fraction of sp³-hybridized carbons (Fsp3) is 0.667. The molecule has 1 amide bonds. The average Bonchev–Trinajstić information content (AvgIpc) is 2.46. The second-order valence-corrected chi connectivity index (χ2v) is 7.57. The summed E-state index contributed by atoms with van der Waals surface area (Å²) < 4.78 is 5.43. The van der Waals surface area contributed by atoms with Gasteiger partial charge >= 0.3 is 6.09 Å². The van der Waals surface area contributed by atoms with E-state index in [4.69, 9.17) is 4.74 Å². The van der Waals surface area contributed by atoms with E-state index in [1.807, 2.05) is 45.9 Å². The summed E-state index contributed by atoms with van der Waals surface area (Å²) >= 11 is 0. The first-order chi connectivity index (χ1) is 10.7. The normalized spacial score (nSPS) is 17.9. The molecule has 5 heteroatoms. The molecule has 0 aliphatic carbocycles. The molecule has 1 aliphatic heterocycles. The van der Waals surface area contributed by atoms with E-state index >= 15 is 0 Å². The lowest BCUT2D eigenvalue weighted by molar-refractivity contribution is -0.000391. The van der Waals surface area contributed by atoms with Gasteiger partial charge in [0, 0.05) is 36.5 Å². The Morgan fingerprint density at radius 2 is 2.00 bits per heavy atom. The lowest BCUT2D eigenvalue weighted by atomic mass is 9.75. The number of carbonyl (C=O) groups is 1. The lowest BCUT2D eigenvalue weighted by Crippen LogP contribution is -2.47. The topological polar surface area (TPSA) is 62.7 Å². The number of aryl methyl sites for hydroxylation is 1. The first-order valence-electron chi connectivity index (χ1n) is 8.24. The first kappa shape index (κ1) is 17.7. The van der Waals surface area contributed by atoms with E-state index in [2.05, 4.69) is 4.98 Å². The van der Waals surface area contributed by atoms with Crippen molar-refractivity contribution in [2.75, 3.05) is 19.7 Å². The highest BCUT2D eigenvalue weighted by molar-refractivity contribution is 5.68. The summed E-state index contributed by atoms with van der Waals surface area (Å²) in [6.45, 7) is 8.93. The number of hydrogen-bond donors (Lipinski definition) is 1. The van der Waals surface area contributed by atoms with Gasteiger partial charge in [0.25, 0.3) is 0 Å². The first-order valence-corrected chi connectivity index (χ1v) is 8.24. The van der Waals surface area contributed by atoms with Crippen LogP contribution in [0.3, 0.4) is 0 Å². The van der Waals surface area contributed by atoms with Crippen LogP contribution in [0.25, 0.3) is 0 Å². The van der Waals surface area contributed by atoms with Gasteiger partial charge in [-0.25, -0.2) is 4.79 Å². The van der Waals surface area contributed by atoms with Crippen LogP contribution in [-0.2, 0) is 11.2 Å². The Labute approximate surface area is 138 Å². The molecule has 1 N–H and O–H groups in total. The van der Waals surface area contributed by atoms with Crippen LogP contribution >= 0.6 is 0 Å². The van der Waals surface area contributed by atoms with E-state index < -0.39 is 5.60 Å². The maximum absolute atomic E-state index is 12.1. The molecule has 1 aromatic heterocycles. The number of amides is 1. The molecule has 0 atom stereocenters. The number of aliphatic hydroxyl groups is 1. The molecule has 1 fully saturated rings. The van der Waals surface area contributed by atoms with Crippen LogP contribution in [-0.4, -0.2) is 46.4 Å². The molecule has 0 unspecified atom stereocenters. The number of ether oxygens (including phenoxy) is 1. The van der Waals surface area contributed by atoms with Gasteiger partial charge in [-0.3, -0.25) is 4.98 Å². The molecule has 0 spiro atoms. The highest BCUT2D eigenvalue weighted by Crippen LogP contribution is 2.34. The Bertz CT molecular complexity index is 543. The minimum atomic E-state index is -0.478. The maximum atomic E-state index is 12.1. The molecule has 128 valence electrons. The zero-order valence-corrected chi connectivity index (χ0v) is 14.6. The van der Waals surface area contributed by atoms with Crippen LogP contribution in [0.1, 0.15) is 45.0 Å². The molecule has 0 bridgehead atoms. The summed E-state index contributed by atoms with van der Waals surface area (Å²) in [7, 11) is 0. The number of likely N-dealkylation sites (tertiary alicyclic amines) is 1. The summed E-state index contributed by atoms with van der Waals surface area (Å²) in [4.78, 5) is 18.4. The van der Waals surface area contributed by atoms with Crippen molar-refractivity contribution in [3.63, 3.8) is 0 Å². The second-order valence-electron chi connectivity index (χ2n) is 7.57. The number of rotatable bonds is 3. The molecule has 1 aromatic rings. The monoisotopic (exact) mass is 320 g/mol. The van der Waals surface area contributed by atoms with Gasteiger partial charge < -0.3 is 14.7 Å². The van der Waals surface area contributed by atoms with Crippen molar-refractivity contribution in [2.45, 2.75) is 52.6 Å². The SMILES string of the molecule is Cc1cccc(CC2(CO)CCN(C(=O)OC(C)(C)C)CC2)n1. The number of piperidine rings is 1. The van der Waals surface area contributed by atoms with Crippen LogP contribution in [0.15, 0.2) is 18.2 Å². The van der Waals surface area contributed by atoms with E-state index in [-0.39, 0.29) is 18.1 Å². The molecule has 1 aliphatic rings. The Hall–Kier alpha value is -1.62. The van der Waals surface area contributed by atoms with Crippen LogP contribution in [0.5, 0.6) is 0 Å². The van der Waals surface area contributed by atoms with E-state index in [0.717, 1.165) is 30.7 Å². The molecule has 2 heterocycles. The quantitative estimate of drug-likeness (QED) is 0.930. The molecule has 0 radical (unpaired) electrons. The number of carbonyl (C=O) groups excluding carboxylic acids is 1. The molecule has 0 aromatic carbocycles. The molecule has 0 saturated carbocycles. The lowest BCUT2D eigenvalue weighted by Gasteiger charge is -2.40. The number of pyridine rings is 1. The van der Waals surface area contributed by atoms with Crippen molar-refractivity contribution in [1.29, 1.82) is 0 Å². The molecular weight excluding hydrogens is 292 g/mol. The van der Waals surface area contributed by atoms with Crippen molar-refractivity contribution < 1.29 is 14.6 Å². The zero-order valence-electron chi connectivity index (χ0n) is 14.6. The summed E-state index contributed by atoms with van der Waals surface area (Å²) in [6.07, 6.45) is 2.00. The predicted molar refractivity (Wildman–Crippen MR) is 89.2 cm³/mol. The van der Waals surface area contributed by atoms with Crippen molar-refractivity contribution >= 4 is 6.09 Å². The molecule has 1 saturated heterocycles. The third kappa shape index (κ3) is 4.93. The summed E-state index contributed by atoms with van der Waals surface area (Å²) in [6, 6.07) is 5.98. The number of aromatic nitrogens is 1. The van der Waals surface area contributed by atoms with Crippen LogP contribution in [0.4, 0.5) is 4.79 Å².